The van der Waals surface area contributed by atoms with E-state index in [-0.39, 0.29) is 6.16 Å². The number of rotatable bonds is 7. The van der Waals surface area contributed by atoms with E-state index in [0.717, 1.165) is 18.4 Å². The Bertz CT molecular complexity index is 369. The van der Waals surface area contributed by atoms with E-state index in [1.54, 1.807) is 6.08 Å². The average Bonchev–Trinajstić information content (AvgIpc) is 2.12. The Hall–Kier alpha value is -0.180. The van der Waals surface area contributed by atoms with Crippen molar-refractivity contribution in [3.8, 4) is 0 Å². The SMILES string of the molecule is CC(C)=CCC/C(C)=C/CP(=O)(O)O[PH](=O)O. The maximum Gasteiger partial charge on any atom is 0.338 e. The van der Waals surface area contributed by atoms with Gasteiger partial charge in [-0.2, -0.15) is 0 Å². The molecule has 0 spiro atoms. The molecule has 0 saturated heterocycles. The fourth-order valence-corrected chi connectivity index (χ4v) is 2.94. The molecular weight excluding hydrogens is 262 g/mol. The molecule has 0 amide bonds. The van der Waals surface area contributed by atoms with Gasteiger partial charge in [0.1, 0.15) is 0 Å². The summed E-state index contributed by atoms with van der Waals surface area (Å²) in [7, 11) is -7.33. The largest absolute Gasteiger partial charge is 0.338 e. The van der Waals surface area contributed by atoms with Crippen LogP contribution in [-0.2, 0) is 13.4 Å². The van der Waals surface area contributed by atoms with Crippen LogP contribution in [0.25, 0.3) is 0 Å². The molecule has 0 rings (SSSR count). The molecule has 0 aromatic carbocycles. The molecule has 0 aliphatic rings. The molecule has 0 fully saturated rings. The number of allylic oxidation sites excluding steroid dienone is 4. The Morgan fingerprint density at radius 2 is 1.94 bits per heavy atom. The lowest BCUT2D eigenvalue weighted by atomic mass is 10.1. The second-order valence-corrected chi connectivity index (χ2v) is 6.95. The number of hydrogen-bond donors (Lipinski definition) is 2. The third-order valence-electron chi connectivity index (χ3n) is 1.98. The summed E-state index contributed by atoms with van der Waals surface area (Å²) >= 11 is 0. The molecule has 0 saturated carbocycles. The van der Waals surface area contributed by atoms with Gasteiger partial charge in [0.05, 0.1) is 6.16 Å². The molecule has 100 valence electrons. The van der Waals surface area contributed by atoms with Gasteiger partial charge in [0.2, 0.25) is 0 Å². The monoisotopic (exact) mass is 282 g/mol. The lowest BCUT2D eigenvalue weighted by Gasteiger charge is -2.07. The summed E-state index contributed by atoms with van der Waals surface area (Å²) < 4.78 is 25.6. The zero-order chi connectivity index (χ0) is 13.5. The van der Waals surface area contributed by atoms with Crippen molar-refractivity contribution >= 4 is 15.9 Å². The Balaban J connectivity index is 4.18. The highest BCUT2D eigenvalue weighted by Crippen LogP contribution is 2.49. The molecule has 0 aliphatic carbocycles. The first-order chi connectivity index (χ1) is 7.73. The Morgan fingerprint density at radius 1 is 1.35 bits per heavy atom. The first-order valence-corrected chi connectivity index (χ1v) is 8.29. The van der Waals surface area contributed by atoms with Crippen molar-refractivity contribution in [3.63, 3.8) is 0 Å². The summed E-state index contributed by atoms with van der Waals surface area (Å²) in [5.41, 5.74) is 2.19. The van der Waals surface area contributed by atoms with Gasteiger partial charge in [-0.15, -0.1) is 0 Å². The fraction of sp³-hybridized carbons (Fsp3) is 0.600. The molecule has 0 aromatic rings. The van der Waals surface area contributed by atoms with E-state index in [2.05, 4.69) is 10.4 Å². The second-order valence-electron chi connectivity index (χ2n) is 4.05. The minimum absolute atomic E-state index is 0.232. The molecule has 0 bridgehead atoms. The summed E-state index contributed by atoms with van der Waals surface area (Å²) in [6, 6.07) is 0. The van der Waals surface area contributed by atoms with Crippen LogP contribution in [0.5, 0.6) is 0 Å². The highest BCUT2D eigenvalue weighted by atomic mass is 31.2. The lowest BCUT2D eigenvalue weighted by Crippen LogP contribution is -1.88. The highest BCUT2D eigenvalue weighted by Gasteiger charge is 2.19. The van der Waals surface area contributed by atoms with E-state index in [1.165, 1.54) is 5.57 Å². The topological polar surface area (TPSA) is 83.8 Å². The van der Waals surface area contributed by atoms with Gasteiger partial charge in [-0.05, 0) is 33.6 Å². The van der Waals surface area contributed by atoms with E-state index in [4.69, 9.17) is 4.89 Å². The van der Waals surface area contributed by atoms with Crippen LogP contribution in [0.4, 0.5) is 0 Å². The molecule has 0 heterocycles. The lowest BCUT2D eigenvalue weighted by molar-refractivity contribution is 0.352. The third kappa shape index (κ3) is 10.7. The standard InChI is InChI=1S/C10H20O5P2/c1-9(2)5-4-6-10(3)7-8-17(13,14)15-16(11)12/h5,7,16H,4,6,8H2,1-3H3,(H,11,12)(H,13,14)/b10-7+. The maximum absolute atomic E-state index is 11.3. The zero-order valence-corrected chi connectivity index (χ0v) is 12.2. The highest BCUT2D eigenvalue weighted by molar-refractivity contribution is 7.59. The summed E-state index contributed by atoms with van der Waals surface area (Å²) in [4.78, 5) is 17.6. The van der Waals surface area contributed by atoms with Crippen LogP contribution in [0.15, 0.2) is 23.3 Å². The van der Waals surface area contributed by atoms with Crippen molar-refractivity contribution < 1.29 is 23.2 Å². The van der Waals surface area contributed by atoms with Gasteiger partial charge < -0.3 is 9.79 Å². The van der Waals surface area contributed by atoms with Crippen LogP contribution in [0.2, 0.25) is 0 Å². The van der Waals surface area contributed by atoms with Gasteiger partial charge in [0.15, 0.2) is 0 Å². The van der Waals surface area contributed by atoms with Gasteiger partial charge in [0, 0.05) is 0 Å². The molecule has 2 N–H and O–H groups in total. The molecule has 2 atom stereocenters. The quantitative estimate of drug-likeness (QED) is 0.553. The molecule has 5 nitrogen and oxygen atoms in total. The smallest absolute Gasteiger partial charge is 0.326 e. The van der Waals surface area contributed by atoms with Gasteiger partial charge >= 0.3 is 15.9 Å². The third-order valence-corrected chi connectivity index (χ3v) is 4.39. The van der Waals surface area contributed by atoms with Crippen molar-refractivity contribution in [2.24, 2.45) is 0 Å². The summed E-state index contributed by atoms with van der Waals surface area (Å²) in [6.07, 6.45) is 5.09. The molecule has 17 heavy (non-hydrogen) atoms. The minimum Gasteiger partial charge on any atom is -0.326 e. The second kappa shape index (κ2) is 8.02. The van der Waals surface area contributed by atoms with E-state index < -0.39 is 15.9 Å². The molecule has 0 aromatic heterocycles. The van der Waals surface area contributed by atoms with E-state index >= 15 is 0 Å². The van der Waals surface area contributed by atoms with Gasteiger partial charge in [-0.1, -0.05) is 23.3 Å². The van der Waals surface area contributed by atoms with Crippen LogP contribution in [0.3, 0.4) is 0 Å². The predicted octanol–water partition coefficient (Wildman–Crippen LogP) is 3.26. The Kier molecular flexibility index (Phi) is 7.93. The fourth-order valence-electron chi connectivity index (χ4n) is 1.12. The molecule has 2 unspecified atom stereocenters. The van der Waals surface area contributed by atoms with E-state index in [0.29, 0.717) is 0 Å². The molecule has 0 aliphatic heterocycles. The predicted molar refractivity (Wildman–Crippen MR) is 69.4 cm³/mol. The number of hydrogen-bond acceptors (Lipinski definition) is 3. The van der Waals surface area contributed by atoms with Gasteiger partial charge in [-0.3, -0.25) is 9.13 Å². The van der Waals surface area contributed by atoms with E-state index in [1.807, 2.05) is 20.8 Å². The Morgan fingerprint density at radius 3 is 2.41 bits per heavy atom. The summed E-state index contributed by atoms with van der Waals surface area (Å²) in [5.74, 6) is 0. The Labute approximate surface area is 103 Å². The normalized spacial score (nSPS) is 17.4. The first kappa shape index (κ1) is 16.8. The molecule has 7 heteroatoms. The van der Waals surface area contributed by atoms with E-state index in [9.17, 15) is 14.0 Å². The van der Waals surface area contributed by atoms with Crippen LogP contribution in [0.1, 0.15) is 33.6 Å². The van der Waals surface area contributed by atoms with Crippen LogP contribution in [-0.4, -0.2) is 15.9 Å². The summed E-state index contributed by atoms with van der Waals surface area (Å²) in [6.45, 7) is 5.86. The summed E-state index contributed by atoms with van der Waals surface area (Å²) in [5, 5.41) is 0. The van der Waals surface area contributed by atoms with Crippen molar-refractivity contribution in [3.05, 3.63) is 23.3 Å². The van der Waals surface area contributed by atoms with Gasteiger partial charge in [0.25, 0.3) is 0 Å². The van der Waals surface area contributed by atoms with Crippen molar-refractivity contribution in [2.45, 2.75) is 33.6 Å². The first-order valence-electron chi connectivity index (χ1n) is 5.26. The minimum atomic E-state index is -3.96. The molecular formula is C10H20O5P2. The maximum atomic E-state index is 11.3. The van der Waals surface area contributed by atoms with Crippen LogP contribution < -0.4 is 0 Å². The van der Waals surface area contributed by atoms with Crippen LogP contribution >= 0.6 is 15.9 Å². The zero-order valence-electron chi connectivity index (χ0n) is 10.3. The average molecular weight is 282 g/mol. The van der Waals surface area contributed by atoms with Crippen LogP contribution in [0, 0.1) is 0 Å². The molecule has 0 radical (unpaired) electrons. The van der Waals surface area contributed by atoms with Crippen molar-refractivity contribution in [1.82, 2.24) is 0 Å². The van der Waals surface area contributed by atoms with Crippen molar-refractivity contribution in [1.29, 1.82) is 0 Å². The van der Waals surface area contributed by atoms with Gasteiger partial charge in [-0.25, -0.2) is 4.31 Å². The van der Waals surface area contributed by atoms with Crippen molar-refractivity contribution in [2.75, 3.05) is 6.16 Å².